The molecule has 3 atom stereocenters. The van der Waals surface area contributed by atoms with Gasteiger partial charge in [0.1, 0.15) is 29.9 Å². The molecule has 2 amide bonds. The van der Waals surface area contributed by atoms with Crippen LogP contribution in [0.5, 0.6) is 5.75 Å². The standard InChI is InChI=1S/C26H34N8O9S2/c1-3-18-20(32-26(28)44-18)21(23(35)31-19-13(2)34(24(19)36)45(39,40)41)33-43-17(25(37)38)12-42-16-6-4-14(5-7-16)22(27)30-15-8-10-29-11-9-15/h4-7,13,15,17,19,29H,3,8-12H2,1-2H3,(H2,27,30)(H2,28,32)(H,31,35)(H,37,38)(H,39,40,41)/b33-21-/t13-,17-,19-/m0/s1. The number of benzene rings is 1. The van der Waals surface area contributed by atoms with Gasteiger partial charge in [-0.05, 0) is 63.5 Å². The number of nitrogens with one attached hydrogen (secondary N) is 2. The maximum Gasteiger partial charge on any atom is 0.362 e. The topological polar surface area (TPSA) is 261 Å². The zero-order valence-electron chi connectivity index (χ0n) is 24.4. The van der Waals surface area contributed by atoms with E-state index in [0.29, 0.717) is 28.4 Å². The Hall–Kier alpha value is -4.33. The number of carbonyl (C=O) groups is 3. The molecule has 4 rings (SSSR count). The fourth-order valence-corrected chi connectivity index (χ4v) is 6.32. The van der Waals surface area contributed by atoms with Crippen molar-refractivity contribution in [2.75, 3.05) is 25.4 Å². The van der Waals surface area contributed by atoms with Gasteiger partial charge in [-0.3, -0.25) is 19.1 Å². The first-order chi connectivity index (χ1) is 21.3. The number of aryl methyl sites for hydroxylation is 1. The van der Waals surface area contributed by atoms with Gasteiger partial charge in [0.05, 0.1) is 12.1 Å². The number of piperidine rings is 1. The monoisotopic (exact) mass is 666 g/mol. The highest BCUT2D eigenvalue weighted by molar-refractivity contribution is 7.84. The van der Waals surface area contributed by atoms with Gasteiger partial charge in [0, 0.05) is 10.4 Å². The lowest BCUT2D eigenvalue weighted by Crippen LogP contribution is -2.71. The van der Waals surface area contributed by atoms with Crippen LogP contribution in [0, 0.1) is 0 Å². The first-order valence-corrected chi connectivity index (χ1v) is 16.1. The molecule has 244 valence electrons. The summed E-state index contributed by atoms with van der Waals surface area (Å²) in [4.78, 5) is 52.0. The normalized spacial score (nSPS) is 20.3. The third-order valence-electron chi connectivity index (χ3n) is 7.07. The van der Waals surface area contributed by atoms with E-state index in [4.69, 9.17) is 21.0 Å². The lowest BCUT2D eigenvalue weighted by Gasteiger charge is -2.42. The van der Waals surface area contributed by atoms with Crippen LogP contribution in [0.25, 0.3) is 0 Å². The second-order valence-electron chi connectivity index (χ2n) is 10.2. The van der Waals surface area contributed by atoms with E-state index in [1.54, 1.807) is 31.2 Å². The molecule has 2 fully saturated rings. The molecule has 0 radical (unpaired) electrons. The molecule has 8 N–H and O–H groups in total. The average Bonchev–Trinajstić information content (AvgIpc) is 3.37. The van der Waals surface area contributed by atoms with Crippen molar-refractivity contribution in [1.82, 2.24) is 19.9 Å². The first-order valence-electron chi connectivity index (χ1n) is 13.9. The Balaban J connectivity index is 1.47. The van der Waals surface area contributed by atoms with Gasteiger partial charge in [-0.2, -0.15) is 8.42 Å². The minimum atomic E-state index is -4.83. The molecular formula is C26H34N8O9S2. The molecule has 2 aliphatic rings. The molecule has 0 bridgehead atoms. The Kier molecular flexibility index (Phi) is 10.6. The summed E-state index contributed by atoms with van der Waals surface area (Å²) in [6, 6.07) is 4.28. The number of aliphatic imine (C=N–C) groups is 1. The number of carboxylic acids is 1. The summed E-state index contributed by atoms with van der Waals surface area (Å²) in [5.74, 6) is -2.84. The second kappa shape index (κ2) is 14.2. The Morgan fingerprint density at radius 3 is 2.51 bits per heavy atom. The van der Waals surface area contributed by atoms with Gasteiger partial charge in [-0.1, -0.05) is 12.1 Å². The van der Waals surface area contributed by atoms with Gasteiger partial charge in [0.15, 0.2) is 10.8 Å². The first kappa shape index (κ1) is 33.6. The SMILES string of the molecule is CCc1sc(N)nc1/C(=N/O[C@@H](COc1ccc(C(N)=NC2CCNCC2)cc1)C(=O)O)C(=O)N[C@@H]1C(=O)N(S(=O)(=O)O)[C@H]1C. The van der Waals surface area contributed by atoms with Crippen LogP contribution >= 0.6 is 11.3 Å². The third kappa shape index (κ3) is 8.04. The number of nitrogens with zero attached hydrogens (tertiary/aromatic N) is 4. The van der Waals surface area contributed by atoms with Crippen molar-refractivity contribution in [3.8, 4) is 5.75 Å². The van der Waals surface area contributed by atoms with Crippen LogP contribution in [0.15, 0.2) is 34.4 Å². The van der Waals surface area contributed by atoms with Crippen molar-refractivity contribution in [3.05, 3.63) is 40.4 Å². The van der Waals surface area contributed by atoms with Crippen molar-refractivity contribution in [2.24, 2.45) is 15.9 Å². The summed E-state index contributed by atoms with van der Waals surface area (Å²) in [5, 5.41) is 19.2. The maximum atomic E-state index is 13.3. The van der Waals surface area contributed by atoms with E-state index in [9.17, 15) is 32.5 Å². The Labute approximate surface area is 262 Å². The Morgan fingerprint density at radius 2 is 1.93 bits per heavy atom. The minimum Gasteiger partial charge on any atom is -0.489 e. The number of amides is 2. The fraction of sp³-hybridized carbons (Fsp3) is 0.462. The molecule has 0 saturated carbocycles. The highest BCUT2D eigenvalue weighted by Crippen LogP contribution is 2.25. The molecule has 45 heavy (non-hydrogen) atoms. The quantitative estimate of drug-likeness (QED) is 0.0519. The van der Waals surface area contributed by atoms with Crippen molar-refractivity contribution in [3.63, 3.8) is 0 Å². The van der Waals surface area contributed by atoms with Crippen molar-refractivity contribution >= 4 is 56.1 Å². The number of rotatable bonds is 13. The van der Waals surface area contributed by atoms with E-state index in [1.807, 2.05) is 0 Å². The van der Waals surface area contributed by atoms with Crippen LogP contribution in [-0.2, 0) is 35.9 Å². The second-order valence-corrected chi connectivity index (χ2v) is 12.6. The average molecular weight is 667 g/mol. The van der Waals surface area contributed by atoms with E-state index >= 15 is 0 Å². The third-order valence-corrected chi connectivity index (χ3v) is 9.11. The van der Waals surface area contributed by atoms with Gasteiger partial charge in [-0.25, -0.2) is 14.1 Å². The molecule has 0 aliphatic carbocycles. The molecule has 19 heteroatoms. The van der Waals surface area contributed by atoms with Crippen LogP contribution in [-0.4, -0.2) is 101 Å². The summed E-state index contributed by atoms with van der Waals surface area (Å²) in [6.45, 7) is 4.31. The number of thiazole rings is 1. The van der Waals surface area contributed by atoms with Crippen LogP contribution in [0.4, 0.5) is 5.13 Å². The number of anilines is 1. The number of nitrogens with two attached hydrogens (primary N) is 2. The maximum absolute atomic E-state index is 13.3. The summed E-state index contributed by atoms with van der Waals surface area (Å²) in [6.07, 6.45) is 0.481. The number of amidine groups is 1. The van der Waals surface area contributed by atoms with Crippen LogP contribution < -0.4 is 26.8 Å². The highest BCUT2D eigenvalue weighted by atomic mass is 32.2. The molecule has 0 spiro atoms. The van der Waals surface area contributed by atoms with Gasteiger partial charge < -0.3 is 36.8 Å². The van der Waals surface area contributed by atoms with Gasteiger partial charge in [0.2, 0.25) is 0 Å². The zero-order valence-corrected chi connectivity index (χ0v) is 26.0. The number of hydrogen-bond acceptors (Lipinski definition) is 13. The number of carboxylic acid groups (broad SMARTS) is 1. The van der Waals surface area contributed by atoms with E-state index in [1.165, 1.54) is 6.92 Å². The van der Waals surface area contributed by atoms with Gasteiger partial charge in [-0.15, -0.1) is 11.3 Å². The van der Waals surface area contributed by atoms with Crippen LogP contribution in [0.2, 0.25) is 0 Å². The summed E-state index contributed by atoms with van der Waals surface area (Å²) >= 11 is 1.07. The number of carbonyl (C=O) groups excluding carboxylic acids is 2. The fourth-order valence-electron chi connectivity index (χ4n) is 4.66. The number of ether oxygens (including phenoxy) is 1. The summed E-state index contributed by atoms with van der Waals surface area (Å²) < 4.78 is 37.9. The zero-order chi connectivity index (χ0) is 32.9. The molecule has 1 aromatic carbocycles. The van der Waals surface area contributed by atoms with E-state index < -0.39 is 58.6 Å². The van der Waals surface area contributed by atoms with Crippen LogP contribution in [0.3, 0.4) is 0 Å². The number of nitrogen functional groups attached to an aromatic ring is 1. The smallest absolute Gasteiger partial charge is 0.362 e. The predicted octanol–water partition coefficient (Wildman–Crippen LogP) is -0.484. The lowest BCUT2D eigenvalue weighted by atomic mass is 10.0. The van der Waals surface area contributed by atoms with Gasteiger partial charge >= 0.3 is 16.3 Å². The lowest BCUT2D eigenvalue weighted by molar-refractivity contribution is -0.152. The van der Waals surface area contributed by atoms with E-state index in [-0.39, 0.29) is 21.2 Å². The largest absolute Gasteiger partial charge is 0.489 e. The Bertz CT molecular complexity index is 1590. The number of β-lactam (4-membered cyclic amide) rings is 1. The molecule has 0 unspecified atom stereocenters. The highest BCUT2D eigenvalue weighted by Gasteiger charge is 2.51. The molecule has 2 aromatic rings. The van der Waals surface area contributed by atoms with Crippen molar-refractivity contribution in [2.45, 2.75) is 57.3 Å². The molecule has 2 aliphatic heterocycles. The molecule has 17 nitrogen and oxygen atoms in total. The number of hydrogen-bond donors (Lipinski definition) is 6. The van der Waals surface area contributed by atoms with E-state index in [0.717, 1.165) is 37.3 Å². The number of aromatic nitrogens is 1. The summed E-state index contributed by atoms with van der Waals surface area (Å²) in [7, 11) is -4.83. The minimum absolute atomic E-state index is 0.00653. The van der Waals surface area contributed by atoms with Crippen molar-refractivity contribution in [1.29, 1.82) is 0 Å². The number of aliphatic carboxylic acids is 1. The Morgan fingerprint density at radius 1 is 1.27 bits per heavy atom. The van der Waals surface area contributed by atoms with Crippen LogP contribution in [0.1, 0.15) is 42.8 Å². The van der Waals surface area contributed by atoms with E-state index in [2.05, 4.69) is 25.8 Å². The van der Waals surface area contributed by atoms with Gasteiger partial charge in [0.25, 0.3) is 17.9 Å². The molecule has 2 saturated heterocycles. The predicted molar refractivity (Wildman–Crippen MR) is 163 cm³/mol. The van der Waals surface area contributed by atoms with Crippen molar-refractivity contribution < 1.29 is 42.0 Å². The molecule has 1 aromatic heterocycles. The number of oxime groups is 1. The molecule has 3 heterocycles. The summed E-state index contributed by atoms with van der Waals surface area (Å²) in [5.41, 5.74) is 12.2. The molecular weight excluding hydrogens is 632 g/mol.